The number of rotatable bonds is 4. The van der Waals surface area contributed by atoms with Crippen LogP contribution in [-0.4, -0.2) is 30.4 Å². The molecule has 0 aromatic heterocycles. The van der Waals surface area contributed by atoms with Crippen LogP contribution in [0.5, 0.6) is 0 Å². The largest absolute Gasteiger partial charge is 0.338 e. The van der Waals surface area contributed by atoms with Crippen LogP contribution in [0.15, 0.2) is 11.6 Å². The Kier molecular flexibility index (Phi) is 4.66. The van der Waals surface area contributed by atoms with E-state index in [4.69, 9.17) is 5.73 Å². The molecule has 0 radical (unpaired) electrons. The maximum atomic E-state index is 11.7. The van der Waals surface area contributed by atoms with Gasteiger partial charge in [-0.3, -0.25) is 4.79 Å². The van der Waals surface area contributed by atoms with Gasteiger partial charge in [0.2, 0.25) is 5.91 Å². The number of hydrogen-bond acceptors (Lipinski definition) is 2. The summed E-state index contributed by atoms with van der Waals surface area (Å²) in [6, 6.07) is 0. The molecule has 0 bridgehead atoms. The first kappa shape index (κ1) is 11.2. The molecule has 0 spiro atoms. The Morgan fingerprint density at radius 3 is 3.00 bits per heavy atom. The van der Waals surface area contributed by atoms with Crippen molar-refractivity contribution in [1.82, 2.24) is 4.90 Å². The molecule has 0 saturated heterocycles. The third-order valence-electron chi connectivity index (χ3n) is 2.53. The minimum absolute atomic E-state index is 0.283. The monoisotopic (exact) mass is 196 g/mol. The molecular formula is C11H20N2O. The van der Waals surface area contributed by atoms with Gasteiger partial charge < -0.3 is 10.6 Å². The summed E-state index contributed by atoms with van der Waals surface area (Å²) >= 11 is 0. The van der Waals surface area contributed by atoms with Crippen molar-refractivity contribution >= 4 is 5.91 Å². The minimum Gasteiger partial charge on any atom is -0.338 e. The van der Waals surface area contributed by atoms with Crippen molar-refractivity contribution < 1.29 is 4.79 Å². The third-order valence-corrected chi connectivity index (χ3v) is 2.53. The maximum absolute atomic E-state index is 11.7. The van der Waals surface area contributed by atoms with Crippen molar-refractivity contribution in [3.63, 3.8) is 0 Å². The molecule has 80 valence electrons. The highest BCUT2D eigenvalue weighted by Crippen LogP contribution is 2.10. The van der Waals surface area contributed by atoms with Crippen LogP contribution in [0.3, 0.4) is 0 Å². The SMILES string of the molecule is CC1=CCCN(C(=O)CCCCN)C1. The highest BCUT2D eigenvalue weighted by molar-refractivity contribution is 5.76. The van der Waals surface area contributed by atoms with Crippen LogP contribution in [0, 0.1) is 0 Å². The normalized spacial score (nSPS) is 16.7. The Balaban J connectivity index is 2.27. The summed E-state index contributed by atoms with van der Waals surface area (Å²) in [6.45, 7) is 4.48. The van der Waals surface area contributed by atoms with E-state index in [0.717, 1.165) is 32.4 Å². The standard InChI is InChI=1S/C11H20N2O/c1-10-5-4-8-13(9-10)11(14)6-2-3-7-12/h5H,2-4,6-9,12H2,1H3. The number of carbonyl (C=O) groups is 1. The van der Waals surface area contributed by atoms with Crippen molar-refractivity contribution in [3.8, 4) is 0 Å². The van der Waals surface area contributed by atoms with Crippen LogP contribution in [-0.2, 0) is 4.79 Å². The van der Waals surface area contributed by atoms with Crippen LogP contribution in [0.4, 0.5) is 0 Å². The highest BCUT2D eigenvalue weighted by atomic mass is 16.2. The number of nitrogens with two attached hydrogens (primary N) is 1. The molecule has 1 rings (SSSR count). The van der Waals surface area contributed by atoms with Crippen molar-refractivity contribution in [2.24, 2.45) is 5.73 Å². The van der Waals surface area contributed by atoms with Crippen molar-refractivity contribution in [2.75, 3.05) is 19.6 Å². The predicted molar refractivity (Wildman–Crippen MR) is 57.9 cm³/mol. The first-order chi connectivity index (χ1) is 6.74. The highest BCUT2D eigenvalue weighted by Gasteiger charge is 2.15. The quantitative estimate of drug-likeness (QED) is 0.544. The fraction of sp³-hybridized carbons (Fsp3) is 0.727. The second kappa shape index (κ2) is 5.81. The average molecular weight is 196 g/mol. The first-order valence-corrected chi connectivity index (χ1v) is 5.37. The van der Waals surface area contributed by atoms with E-state index in [1.807, 2.05) is 4.90 Å². The first-order valence-electron chi connectivity index (χ1n) is 5.37. The molecule has 1 aliphatic rings. The Labute approximate surface area is 86.0 Å². The van der Waals surface area contributed by atoms with E-state index in [9.17, 15) is 4.79 Å². The lowest BCUT2D eigenvalue weighted by atomic mass is 10.1. The number of nitrogens with zero attached hydrogens (tertiary/aromatic N) is 1. The second-order valence-corrected chi connectivity index (χ2v) is 3.90. The second-order valence-electron chi connectivity index (χ2n) is 3.90. The fourth-order valence-electron chi connectivity index (χ4n) is 1.70. The molecule has 0 atom stereocenters. The summed E-state index contributed by atoms with van der Waals surface area (Å²) in [5.74, 6) is 0.283. The van der Waals surface area contributed by atoms with Crippen molar-refractivity contribution in [1.29, 1.82) is 0 Å². The number of unbranched alkanes of at least 4 members (excludes halogenated alkanes) is 1. The van der Waals surface area contributed by atoms with E-state index in [1.54, 1.807) is 0 Å². The van der Waals surface area contributed by atoms with Crippen molar-refractivity contribution in [2.45, 2.75) is 32.6 Å². The molecular weight excluding hydrogens is 176 g/mol. The summed E-state index contributed by atoms with van der Waals surface area (Å²) in [4.78, 5) is 13.6. The molecule has 0 aromatic carbocycles. The van der Waals surface area contributed by atoms with Gasteiger partial charge in [-0.15, -0.1) is 0 Å². The van der Waals surface area contributed by atoms with Crippen LogP contribution in [0.25, 0.3) is 0 Å². The van der Waals surface area contributed by atoms with E-state index in [-0.39, 0.29) is 5.91 Å². The fourth-order valence-corrected chi connectivity index (χ4v) is 1.70. The minimum atomic E-state index is 0.283. The van der Waals surface area contributed by atoms with Gasteiger partial charge in [0.05, 0.1) is 0 Å². The zero-order valence-electron chi connectivity index (χ0n) is 8.96. The van der Waals surface area contributed by atoms with E-state index < -0.39 is 0 Å². The average Bonchev–Trinajstić information content (AvgIpc) is 2.18. The molecule has 1 heterocycles. The Hall–Kier alpha value is -0.830. The lowest BCUT2D eigenvalue weighted by Gasteiger charge is -2.26. The van der Waals surface area contributed by atoms with Crippen LogP contribution in [0.1, 0.15) is 32.6 Å². The molecule has 2 N–H and O–H groups in total. The Morgan fingerprint density at radius 1 is 1.57 bits per heavy atom. The van der Waals surface area contributed by atoms with E-state index in [0.29, 0.717) is 13.0 Å². The van der Waals surface area contributed by atoms with Gasteiger partial charge in [-0.1, -0.05) is 11.6 Å². The lowest BCUT2D eigenvalue weighted by Crippen LogP contribution is -2.35. The molecule has 0 unspecified atom stereocenters. The van der Waals surface area contributed by atoms with Gasteiger partial charge in [-0.2, -0.15) is 0 Å². The molecule has 0 aliphatic carbocycles. The molecule has 3 nitrogen and oxygen atoms in total. The molecule has 0 aromatic rings. The summed E-state index contributed by atoms with van der Waals surface area (Å²) in [5, 5.41) is 0. The predicted octanol–water partition coefficient (Wildman–Crippen LogP) is 1.29. The zero-order chi connectivity index (χ0) is 10.4. The number of carbonyl (C=O) groups excluding carboxylic acids is 1. The van der Waals surface area contributed by atoms with E-state index in [1.165, 1.54) is 5.57 Å². The van der Waals surface area contributed by atoms with Gasteiger partial charge in [-0.05, 0) is 32.7 Å². The summed E-state index contributed by atoms with van der Waals surface area (Å²) in [6.07, 6.45) is 5.76. The topological polar surface area (TPSA) is 46.3 Å². The van der Waals surface area contributed by atoms with Gasteiger partial charge in [0.25, 0.3) is 0 Å². The zero-order valence-corrected chi connectivity index (χ0v) is 8.96. The van der Waals surface area contributed by atoms with Crippen molar-refractivity contribution in [3.05, 3.63) is 11.6 Å². The lowest BCUT2D eigenvalue weighted by molar-refractivity contribution is -0.131. The molecule has 14 heavy (non-hydrogen) atoms. The van der Waals surface area contributed by atoms with Gasteiger partial charge in [0.15, 0.2) is 0 Å². The Morgan fingerprint density at radius 2 is 2.36 bits per heavy atom. The van der Waals surface area contributed by atoms with Gasteiger partial charge in [0.1, 0.15) is 0 Å². The Bertz CT molecular complexity index is 223. The van der Waals surface area contributed by atoms with Crippen LogP contribution in [0.2, 0.25) is 0 Å². The summed E-state index contributed by atoms with van der Waals surface area (Å²) in [7, 11) is 0. The third kappa shape index (κ3) is 3.50. The van der Waals surface area contributed by atoms with Crippen LogP contribution >= 0.6 is 0 Å². The molecule has 0 saturated carbocycles. The number of amides is 1. The molecule has 0 fully saturated rings. The van der Waals surface area contributed by atoms with Gasteiger partial charge in [0, 0.05) is 19.5 Å². The molecule has 1 aliphatic heterocycles. The maximum Gasteiger partial charge on any atom is 0.222 e. The van der Waals surface area contributed by atoms with Gasteiger partial charge >= 0.3 is 0 Å². The summed E-state index contributed by atoms with van der Waals surface area (Å²) < 4.78 is 0. The smallest absolute Gasteiger partial charge is 0.222 e. The number of hydrogen-bond donors (Lipinski definition) is 1. The molecule has 3 heteroatoms. The molecule has 1 amide bonds. The van der Waals surface area contributed by atoms with Gasteiger partial charge in [-0.25, -0.2) is 0 Å². The summed E-state index contributed by atoms with van der Waals surface area (Å²) in [5.41, 5.74) is 6.69. The van der Waals surface area contributed by atoms with E-state index >= 15 is 0 Å². The van der Waals surface area contributed by atoms with E-state index in [2.05, 4.69) is 13.0 Å². The van der Waals surface area contributed by atoms with Crippen LogP contribution < -0.4 is 5.73 Å².